The van der Waals surface area contributed by atoms with E-state index >= 15 is 0 Å². The first kappa shape index (κ1) is 24.3. The topological polar surface area (TPSA) is 89.8 Å². The van der Waals surface area contributed by atoms with E-state index in [-0.39, 0.29) is 17.7 Å². The van der Waals surface area contributed by atoms with Crippen LogP contribution in [0.4, 0.5) is 0 Å². The molecule has 166 valence electrons. The lowest BCUT2D eigenvalue weighted by atomic mass is 9.89. The number of unbranched alkanes of at least 4 members (excludes halogenated alkanes) is 1. The summed E-state index contributed by atoms with van der Waals surface area (Å²) in [5, 5.41) is 33.8. The SMILES string of the molecule is CCNC(=O)CCC/C=C\C[C@H]1[C@H](/C=C/[C@H](O)CCc2ccccc2)[C@@H](O)C[C@H]1O. The number of hydrogen-bond acceptors (Lipinski definition) is 4. The minimum Gasteiger partial charge on any atom is -0.393 e. The summed E-state index contributed by atoms with van der Waals surface area (Å²) in [6.45, 7) is 2.57. The van der Waals surface area contributed by atoms with Gasteiger partial charge >= 0.3 is 0 Å². The Balaban J connectivity index is 1.78. The standard InChI is InChI=1S/C25H37NO4/c1-2-26-25(30)13-9-4-3-8-12-21-22(24(29)18-23(21)28)17-16-20(27)15-14-19-10-6-5-7-11-19/h3,5-8,10-11,16-17,20-24,27-29H,2,4,9,12-15,18H2,1H3,(H,26,30)/b8-3-,17-16+/t20-,21+,22+,23-,24+/m1/s1. The van der Waals surface area contributed by atoms with Crippen molar-refractivity contribution in [3.05, 3.63) is 60.2 Å². The molecule has 0 radical (unpaired) electrons. The lowest BCUT2D eigenvalue weighted by Crippen LogP contribution is -2.21. The highest BCUT2D eigenvalue weighted by molar-refractivity contribution is 5.75. The molecule has 0 unspecified atom stereocenters. The van der Waals surface area contributed by atoms with Crippen molar-refractivity contribution in [2.24, 2.45) is 11.8 Å². The van der Waals surface area contributed by atoms with Gasteiger partial charge in [-0.25, -0.2) is 0 Å². The zero-order valence-corrected chi connectivity index (χ0v) is 18.0. The van der Waals surface area contributed by atoms with Gasteiger partial charge in [0.05, 0.1) is 18.3 Å². The van der Waals surface area contributed by atoms with E-state index in [4.69, 9.17) is 0 Å². The summed E-state index contributed by atoms with van der Waals surface area (Å²) in [5.41, 5.74) is 1.19. The Morgan fingerprint density at radius 3 is 2.70 bits per heavy atom. The van der Waals surface area contributed by atoms with Crippen LogP contribution in [-0.4, -0.2) is 46.1 Å². The molecule has 1 aliphatic rings. The number of aryl methyl sites for hydroxylation is 1. The van der Waals surface area contributed by atoms with E-state index in [0.717, 1.165) is 19.3 Å². The number of carbonyl (C=O) groups excluding carboxylic acids is 1. The molecule has 4 N–H and O–H groups in total. The van der Waals surface area contributed by atoms with Gasteiger partial charge in [-0.2, -0.15) is 0 Å². The first-order valence-corrected chi connectivity index (χ1v) is 11.2. The average Bonchev–Trinajstić information content (AvgIpc) is 3.00. The zero-order valence-electron chi connectivity index (χ0n) is 18.0. The molecule has 1 amide bonds. The fourth-order valence-electron chi connectivity index (χ4n) is 4.06. The van der Waals surface area contributed by atoms with Crippen LogP contribution in [0, 0.1) is 11.8 Å². The third-order valence-electron chi connectivity index (χ3n) is 5.77. The molecule has 1 aliphatic carbocycles. The minimum atomic E-state index is -0.589. The van der Waals surface area contributed by atoms with Crippen molar-refractivity contribution >= 4 is 5.91 Å². The van der Waals surface area contributed by atoms with Crippen molar-refractivity contribution in [3.8, 4) is 0 Å². The maximum absolute atomic E-state index is 11.4. The van der Waals surface area contributed by atoms with E-state index in [2.05, 4.69) is 5.32 Å². The lowest BCUT2D eigenvalue weighted by Gasteiger charge is -2.19. The van der Waals surface area contributed by atoms with Crippen molar-refractivity contribution in [3.63, 3.8) is 0 Å². The summed E-state index contributed by atoms with van der Waals surface area (Å²) in [6.07, 6.45) is 10.6. The van der Waals surface area contributed by atoms with Crippen molar-refractivity contribution in [1.29, 1.82) is 0 Å². The molecule has 1 aromatic carbocycles. The van der Waals surface area contributed by atoms with Gasteiger partial charge in [-0.15, -0.1) is 0 Å². The van der Waals surface area contributed by atoms with Gasteiger partial charge in [-0.05, 0) is 50.5 Å². The predicted molar refractivity (Wildman–Crippen MR) is 120 cm³/mol. The molecule has 0 heterocycles. The molecule has 0 aliphatic heterocycles. The third kappa shape index (κ3) is 8.42. The minimum absolute atomic E-state index is 0.0581. The Bertz CT molecular complexity index is 673. The van der Waals surface area contributed by atoms with Gasteiger partial charge < -0.3 is 20.6 Å². The van der Waals surface area contributed by atoms with Gasteiger partial charge in [-0.3, -0.25) is 4.79 Å². The molecular weight excluding hydrogens is 378 g/mol. The smallest absolute Gasteiger partial charge is 0.219 e. The fourth-order valence-corrected chi connectivity index (χ4v) is 4.06. The molecule has 1 fully saturated rings. The summed E-state index contributed by atoms with van der Waals surface area (Å²) >= 11 is 0. The summed E-state index contributed by atoms with van der Waals surface area (Å²) in [4.78, 5) is 11.4. The Morgan fingerprint density at radius 1 is 1.20 bits per heavy atom. The monoisotopic (exact) mass is 415 g/mol. The van der Waals surface area contributed by atoms with Crippen molar-refractivity contribution in [1.82, 2.24) is 5.32 Å². The molecule has 0 saturated heterocycles. The number of amides is 1. The van der Waals surface area contributed by atoms with Crippen LogP contribution in [0.5, 0.6) is 0 Å². The molecule has 0 bridgehead atoms. The van der Waals surface area contributed by atoms with Crippen LogP contribution in [0.15, 0.2) is 54.6 Å². The molecule has 1 saturated carbocycles. The number of allylic oxidation sites excluding steroid dienone is 2. The van der Waals surface area contributed by atoms with Crippen LogP contribution in [0.3, 0.4) is 0 Å². The Hall–Kier alpha value is -1.95. The van der Waals surface area contributed by atoms with E-state index in [1.54, 1.807) is 6.08 Å². The molecule has 5 atom stereocenters. The number of hydrogen-bond donors (Lipinski definition) is 4. The van der Waals surface area contributed by atoms with Crippen molar-refractivity contribution in [2.75, 3.05) is 6.54 Å². The van der Waals surface area contributed by atoms with Crippen molar-refractivity contribution < 1.29 is 20.1 Å². The van der Waals surface area contributed by atoms with Crippen LogP contribution in [0.2, 0.25) is 0 Å². The van der Waals surface area contributed by atoms with Crippen LogP contribution in [0.1, 0.15) is 51.0 Å². The quantitative estimate of drug-likeness (QED) is 0.312. The fraction of sp³-hybridized carbons (Fsp3) is 0.560. The van der Waals surface area contributed by atoms with Crippen LogP contribution >= 0.6 is 0 Å². The number of aliphatic hydroxyl groups excluding tert-OH is 3. The first-order chi connectivity index (χ1) is 14.5. The maximum atomic E-state index is 11.4. The van der Waals surface area contributed by atoms with Crippen molar-refractivity contribution in [2.45, 2.75) is 70.2 Å². The summed E-state index contributed by atoms with van der Waals surface area (Å²) in [7, 11) is 0. The lowest BCUT2D eigenvalue weighted by molar-refractivity contribution is -0.121. The summed E-state index contributed by atoms with van der Waals surface area (Å²) in [6, 6.07) is 10.1. The number of rotatable bonds is 12. The normalized spacial score (nSPS) is 25.2. The Kier molecular flexibility index (Phi) is 10.8. The van der Waals surface area contributed by atoms with Gasteiger partial charge in [0.2, 0.25) is 5.91 Å². The average molecular weight is 416 g/mol. The third-order valence-corrected chi connectivity index (χ3v) is 5.77. The highest BCUT2D eigenvalue weighted by Gasteiger charge is 2.39. The maximum Gasteiger partial charge on any atom is 0.219 e. The molecule has 5 nitrogen and oxygen atoms in total. The van der Waals surface area contributed by atoms with E-state index < -0.39 is 18.3 Å². The second-order valence-electron chi connectivity index (χ2n) is 8.14. The molecule has 1 aromatic rings. The Labute approximate surface area is 180 Å². The van der Waals surface area contributed by atoms with Gasteiger partial charge in [0, 0.05) is 25.3 Å². The molecule has 0 spiro atoms. The number of nitrogens with one attached hydrogen (secondary N) is 1. The van der Waals surface area contributed by atoms with E-state index in [9.17, 15) is 20.1 Å². The number of carbonyl (C=O) groups is 1. The highest BCUT2D eigenvalue weighted by atomic mass is 16.3. The van der Waals surface area contributed by atoms with Crippen LogP contribution in [0.25, 0.3) is 0 Å². The van der Waals surface area contributed by atoms with Gasteiger partial charge in [0.15, 0.2) is 0 Å². The Morgan fingerprint density at radius 2 is 1.97 bits per heavy atom. The second kappa shape index (κ2) is 13.4. The van der Waals surface area contributed by atoms with Crippen LogP contribution in [-0.2, 0) is 11.2 Å². The molecule has 0 aromatic heterocycles. The first-order valence-electron chi connectivity index (χ1n) is 11.2. The number of aliphatic hydroxyl groups is 3. The second-order valence-corrected chi connectivity index (χ2v) is 8.14. The highest BCUT2D eigenvalue weighted by Crippen LogP contribution is 2.36. The molecular formula is C25H37NO4. The van der Waals surface area contributed by atoms with E-state index in [1.807, 2.05) is 55.5 Å². The summed E-state index contributed by atoms with van der Waals surface area (Å²) in [5.74, 6) is -0.139. The number of benzene rings is 1. The zero-order chi connectivity index (χ0) is 21.8. The molecule has 30 heavy (non-hydrogen) atoms. The van der Waals surface area contributed by atoms with Gasteiger partial charge in [0.25, 0.3) is 0 Å². The van der Waals surface area contributed by atoms with Crippen LogP contribution < -0.4 is 5.32 Å². The van der Waals surface area contributed by atoms with E-state index in [0.29, 0.717) is 32.2 Å². The van der Waals surface area contributed by atoms with Gasteiger partial charge in [-0.1, -0.05) is 54.6 Å². The molecule has 2 rings (SSSR count). The van der Waals surface area contributed by atoms with Gasteiger partial charge in [0.1, 0.15) is 0 Å². The predicted octanol–water partition coefficient (Wildman–Crippen LogP) is 3.15. The summed E-state index contributed by atoms with van der Waals surface area (Å²) < 4.78 is 0. The molecule has 5 heteroatoms. The largest absolute Gasteiger partial charge is 0.393 e. The van der Waals surface area contributed by atoms with E-state index in [1.165, 1.54) is 5.56 Å².